The van der Waals surface area contributed by atoms with Gasteiger partial charge < -0.3 is 10.0 Å². The molecule has 96 valence electrons. The van der Waals surface area contributed by atoms with E-state index in [2.05, 4.69) is 0 Å². The zero-order valence-electron chi connectivity index (χ0n) is 10.1. The van der Waals surface area contributed by atoms with Crippen molar-refractivity contribution in [2.45, 2.75) is 0 Å². The van der Waals surface area contributed by atoms with Crippen LogP contribution in [-0.4, -0.2) is 23.1 Å². The number of hydrogen-bond acceptors (Lipinski definition) is 4. The zero-order valence-corrected chi connectivity index (χ0v) is 10.1. The van der Waals surface area contributed by atoms with Gasteiger partial charge in [0, 0.05) is 5.56 Å². The van der Waals surface area contributed by atoms with Gasteiger partial charge in [0.25, 0.3) is 5.91 Å². The molecule has 6 heteroatoms. The predicted octanol–water partition coefficient (Wildman–Crippen LogP) is -0.363. The van der Waals surface area contributed by atoms with Crippen LogP contribution in [0.4, 0.5) is 0 Å². The van der Waals surface area contributed by atoms with E-state index in [0.717, 1.165) is 5.56 Å². The van der Waals surface area contributed by atoms with Crippen LogP contribution >= 0.6 is 0 Å². The van der Waals surface area contributed by atoms with Gasteiger partial charge in [-0.05, 0) is 28.7 Å². The van der Waals surface area contributed by atoms with Crippen molar-refractivity contribution in [3.63, 3.8) is 0 Å². The van der Waals surface area contributed by atoms with Crippen LogP contribution in [0.15, 0.2) is 48.5 Å². The molecule has 1 amide bonds. The van der Waals surface area contributed by atoms with Crippen LogP contribution in [0.1, 0.15) is 10.4 Å². The van der Waals surface area contributed by atoms with E-state index in [1.807, 2.05) is 35.8 Å². The van der Waals surface area contributed by atoms with Crippen molar-refractivity contribution in [3.05, 3.63) is 54.1 Å². The molecule has 2 aromatic carbocycles. The molecule has 2 aromatic rings. The molecule has 0 aromatic heterocycles. The van der Waals surface area contributed by atoms with Crippen molar-refractivity contribution >= 4 is 18.5 Å². The SMILES string of the molecule is NNC(=O)c1ccc(-c2ccccc2)c(B(O)O)c1. The predicted molar refractivity (Wildman–Crippen MR) is 73.4 cm³/mol. The number of nitrogens with one attached hydrogen (secondary N) is 1. The summed E-state index contributed by atoms with van der Waals surface area (Å²) in [4.78, 5) is 11.4. The first-order valence-electron chi connectivity index (χ1n) is 5.70. The second kappa shape index (κ2) is 5.66. The van der Waals surface area contributed by atoms with Gasteiger partial charge in [0.2, 0.25) is 0 Å². The van der Waals surface area contributed by atoms with Crippen molar-refractivity contribution in [2.24, 2.45) is 5.84 Å². The first-order valence-corrected chi connectivity index (χ1v) is 5.70. The second-order valence-electron chi connectivity index (χ2n) is 4.02. The number of hydrazine groups is 1. The number of benzene rings is 2. The Kier molecular flexibility index (Phi) is 3.96. The number of carbonyl (C=O) groups is 1. The third kappa shape index (κ3) is 2.82. The molecule has 19 heavy (non-hydrogen) atoms. The topological polar surface area (TPSA) is 95.6 Å². The fraction of sp³-hybridized carbons (Fsp3) is 0. The summed E-state index contributed by atoms with van der Waals surface area (Å²) in [5.74, 6) is 4.57. The highest BCUT2D eigenvalue weighted by molar-refractivity contribution is 6.60. The lowest BCUT2D eigenvalue weighted by Gasteiger charge is -2.11. The molecular weight excluding hydrogens is 243 g/mol. The molecule has 0 aliphatic heterocycles. The van der Waals surface area contributed by atoms with Crippen molar-refractivity contribution in [1.29, 1.82) is 0 Å². The van der Waals surface area contributed by atoms with Crippen molar-refractivity contribution in [2.75, 3.05) is 0 Å². The Bertz CT molecular complexity index is 588. The van der Waals surface area contributed by atoms with E-state index in [-0.39, 0.29) is 11.0 Å². The van der Waals surface area contributed by atoms with Crippen molar-refractivity contribution < 1.29 is 14.8 Å². The molecule has 0 bridgehead atoms. The molecule has 0 spiro atoms. The Hall–Kier alpha value is -2.15. The standard InChI is InChI=1S/C13H13BN2O3/c15-16-13(17)10-6-7-11(12(8-10)14(18)19)9-4-2-1-3-5-9/h1-8,18-19H,15H2,(H,16,17). The van der Waals surface area contributed by atoms with Crippen molar-refractivity contribution in [3.8, 4) is 11.1 Å². The zero-order chi connectivity index (χ0) is 13.8. The molecule has 5 N–H and O–H groups in total. The highest BCUT2D eigenvalue weighted by atomic mass is 16.4. The average Bonchev–Trinajstić information content (AvgIpc) is 2.46. The quantitative estimate of drug-likeness (QED) is 0.261. The molecule has 0 aliphatic carbocycles. The summed E-state index contributed by atoms with van der Waals surface area (Å²) in [6.07, 6.45) is 0. The van der Waals surface area contributed by atoms with Crippen LogP contribution < -0.4 is 16.7 Å². The minimum Gasteiger partial charge on any atom is -0.423 e. The Morgan fingerprint density at radius 2 is 1.79 bits per heavy atom. The fourth-order valence-corrected chi connectivity index (χ4v) is 1.88. The maximum atomic E-state index is 11.4. The number of nitrogen functional groups attached to an aromatic ring is 1. The molecule has 0 radical (unpaired) electrons. The van der Waals surface area contributed by atoms with E-state index >= 15 is 0 Å². The molecular formula is C13H13BN2O3. The van der Waals surface area contributed by atoms with Gasteiger partial charge in [-0.1, -0.05) is 36.4 Å². The number of amides is 1. The molecule has 2 rings (SSSR count). The van der Waals surface area contributed by atoms with Crippen LogP contribution in [0, 0.1) is 0 Å². The largest absolute Gasteiger partial charge is 0.489 e. The Morgan fingerprint density at radius 3 is 2.37 bits per heavy atom. The smallest absolute Gasteiger partial charge is 0.423 e. The van der Waals surface area contributed by atoms with Gasteiger partial charge in [-0.3, -0.25) is 10.2 Å². The number of rotatable bonds is 3. The van der Waals surface area contributed by atoms with Gasteiger partial charge >= 0.3 is 7.12 Å². The summed E-state index contributed by atoms with van der Waals surface area (Å²) >= 11 is 0. The Morgan fingerprint density at radius 1 is 1.11 bits per heavy atom. The van der Waals surface area contributed by atoms with Crippen molar-refractivity contribution in [1.82, 2.24) is 5.43 Å². The van der Waals surface area contributed by atoms with E-state index in [0.29, 0.717) is 5.56 Å². The highest BCUT2D eigenvalue weighted by Crippen LogP contribution is 2.18. The van der Waals surface area contributed by atoms with Gasteiger partial charge in [-0.25, -0.2) is 5.84 Å². The number of carbonyl (C=O) groups excluding carboxylic acids is 1. The van der Waals surface area contributed by atoms with E-state index in [1.165, 1.54) is 6.07 Å². The molecule has 5 nitrogen and oxygen atoms in total. The Labute approximate surface area is 110 Å². The van der Waals surface area contributed by atoms with Crippen LogP contribution in [0.2, 0.25) is 0 Å². The van der Waals surface area contributed by atoms with Gasteiger partial charge in [-0.2, -0.15) is 0 Å². The lowest BCUT2D eigenvalue weighted by atomic mass is 9.74. The lowest BCUT2D eigenvalue weighted by molar-refractivity contribution is 0.0954. The van der Waals surface area contributed by atoms with Gasteiger partial charge in [-0.15, -0.1) is 0 Å². The summed E-state index contributed by atoms with van der Waals surface area (Å²) in [7, 11) is -1.67. The van der Waals surface area contributed by atoms with Gasteiger partial charge in [0.15, 0.2) is 0 Å². The summed E-state index contributed by atoms with van der Waals surface area (Å²) < 4.78 is 0. The van der Waals surface area contributed by atoms with Crippen LogP contribution in [0.3, 0.4) is 0 Å². The summed E-state index contributed by atoms with van der Waals surface area (Å²) in [5.41, 5.74) is 4.02. The Balaban J connectivity index is 2.53. The fourth-order valence-electron chi connectivity index (χ4n) is 1.88. The molecule has 0 atom stereocenters. The minimum atomic E-state index is -1.67. The van der Waals surface area contributed by atoms with Crippen LogP contribution in [0.25, 0.3) is 11.1 Å². The average molecular weight is 256 g/mol. The molecule has 0 heterocycles. The minimum absolute atomic E-state index is 0.257. The number of nitrogens with two attached hydrogens (primary N) is 1. The first-order chi connectivity index (χ1) is 9.13. The molecule has 0 aliphatic rings. The molecule has 0 saturated heterocycles. The normalized spacial score (nSPS) is 10.1. The summed E-state index contributed by atoms with van der Waals surface area (Å²) in [5, 5.41) is 18.9. The summed E-state index contributed by atoms with van der Waals surface area (Å²) in [6, 6.07) is 13.9. The van der Waals surface area contributed by atoms with E-state index in [1.54, 1.807) is 12.1 Å². The maximum absolute atomic E-state index is 11.4. The monoisotopic (exact) mass is 256 g/mol. The first kappa shape index (κ1) is 13.3. The third-order valence-corrected chi connectivity index (χ3v) is 2.81. The summed E-state index contributed by atoms with van der Waals surface area (Å²) in [6.45, 7) is 0. The number of hydrogen-bond donors (Lipinski definition) is 4. The molecule has 0 unspecified atom stereocenters. The van der Waals surface area contributed by atoms with Gasteiger partial charge in [0.05, 0.1) is 0 Å². The molecule has 0 saturated carbocycles. The van der Waals surface area contributed by atoms with E-state index in [4.69, 9.17) is 5.84 Å². The lowest BCUT2D eigenvalue weighted by Crippen LogP contribution is -2.35. The van der Waals surface area contributed by atoms with E-state index < -0.39 is 13.0 Å². The third-order valence-electron chi connectivity index (χ3n) is 2.81. The second-order valence-corrected chi connectivity index (χ2v) is 4.02. The molecule has 0 fully saturated rings. The maximum Gasteiger partial charge on any atom is 0.489 e. The van der Waals surface area contributed by atoms with Gasteiger partial charge in [0.1, 0.15) is 0 Å². The van der Waals surface area contributed by atoms with Crippen LogP contribution in [-0.2, 0) is 0 Å². The van der Waals surface area contributed by atoms with E-state index in [9.17, 15) is 14.8 Å². The van der Waals surface area contributed by atoms with Crippen LogP contribution in [0.5, 0.6) is 0 Å². The highest BCUT2D eigenvalue weighted by Gasteiger charge is 2.19.